The summed E-state index contributed by atoms with van der Waals surface area (Å²) >= 11 is 1.47. The van der Waals surface area contributed by atoms with Crippen molar-refractivity contribution in [3.05, 3.63) is 81.8 Å². The normalized spacial score (nSPS) is 11.5. The van der Waals surface area contributed by atoms with E-state index in [0.717, 1.165) is 16.6 Å². The molecular weight excluding hydrogens is 361 g/mol. The van der Waals surface area contributed by atoms with Crippen LogP contribution in [0.3, 0.4) is 0 Å². The summed E-state index contributed by atoms with van der Waals surface area (Å²) in [5.74, 6) is -0.632. The third-order valence-electron chi connectivity index (χ3n) is 4.08. The first-order valence-electron chi connectivity index (χ1n) is 7.94. The number of alkyl halides is 3. The van der Waals surface area contributed by atoms with Crippen LogP contribution in [0.1, 0.15) is 26.5 Å². The molecule has 0 saturated carbocycles. The van der Waals surface area contributed by atoms with Gasteiger partial charge in [-0.1, -0.05) is 18.2 Å². The molecule has 0 radical (unpaired) electrons. The summed E-state index contributed by atoms with van der Waals surface area (Å²) in [6.45, 7) is 0.486. The lowest BCUT2D eigenvalue weighted by molar-refractivity contribution is -0.138. The topological polar surface area (TPSA) is 25.2 Å². The number of hydrogen-bond acceptors (Lipinski definition) is 2. The molecule has 7 heteroatoms. The zero-order chi connectivity index (χ0) is 18.7. The van der Waals surface area contributed by atoms with Gasteiger partial charge in [-0.15, -0.1) is 11.3 Å². The quantitative estimate of drug-likeness (QED) is 0.617. The lowest BCUT2D eigenvalue weighted by Gasteiger charge is -2.24. The van der Waals surface area contributed by atoms with E-state index in [4.69, 9.17) is 0 Å². The van der Waals surface area contributed by atoms with Crippen LogP contribution < -0.4 is 0 Å². The molecule has 0 aliphatic rings. The summed E-state index contributed by atoms with van der Waals surface area (Å²) in [6.07, 6.45) is -2.74. The van der Waals surface area contributed by atoms with Crippen molar-refractivity contribution in [2.45, 2.75) is 19.3 Å². The lowest BCUT2D eigenvalue weighted by atomic mass is 10.1. The highest BCUT2D eigenvalue weighted by molar-refractivity contribution is 7.09. The van der Waals surface area contributed by atoms with Gasteiger partial charge in [-0.2, -0.15) is 13.2 Å². The van der Waals surface area contributed by atoms with Crippen molar-refractivity contribution >= 4 is 17.2 Å². The van der Waals surface area contributed by atoms with Crippen molar-refractivity contribution in [1.82, 2.24) is 9.47 Å². The fraction of sp³-hybridized carbons (Fsp3) is 0.211. The molecule has 3 rings (SSSR count). The van der Waals surface area contributed by atoms with Gasteiger partial charge in [0.15, 0.2) is 0 Å². The number of aryl methyl sites for hydroxylation is 1. The average molecular weight is 378 g/mol. The molecule has 0 aliphatic heterocycles. The van der Waals surface area contributed by atoms with Crippen molar-refractivity contribution in [2.24, 2.45) is 7.05 Å². The molecule has 2 heterocycles. The number of carbonyl (C=O) groups is 1. The Morgan fingerprint density at radius 1 is 1.08 bits per heavy atom. The second kappa shape index (κ2) is 7.37. The third kappa shape index (κ3) is 3.99. The first kappa shape index (κ1) is 18.3. The number of aromatic nitrogens is 1. The van der Waals surface area contributed by atoms with E-state index in [2.05, 4.69) is 0 Å². The van der Waals surface area contributed by atoms with Crippen LogP contribution in [0, 0.1) is 0 Å². The minimum Gasteiger partial charge on any atom is -0.353 e. The molecule has 0 saturated heterocycles. The first-order valence-corrected chi connectivity index (χ1v) is 8.82. The standard InChI is InChI=1S/C19H17F3N2OS/c1-23-10-4-6-14(23)12-24(13-15-7-5-11-26-15)18(25)16-8-2-3-9-17(16)19(20,21)22/h2-11H,12-13H2,1H3. The molecule has 0 unspecified atom stereocenters. The van der Waals surface area contributed by atoms with Crippen molar-refractivity contribution < 1.29 is 18.0 Å². The lowest BCUT2D eigenvalue weighted by Crippen LogP contribution is -2.32. The highest BCUT2D eigenvalue weighted by atomic mass is 32.1. The predicted molar refractivity (Wildman–Crippen MR) is 94.8 cm³/mol. The van der Waals surface area contributed by atoms with Gasteiger partial charge in [-0.3, -0.25) is 4.79 Å². The Hall–Kier alpha value is -2.54. The highest BCUT2D eigenvalue weighted by Crippen LogP contribution is 2.33. The van der Waals surface area contributed by atoms with Gasteiger partial charge >= 0.3 is 6.18 Å². The van der Waals surface area contributed by atoms with Gasteiger partial charge in [0.2, 0.25) is 0 Å². The van der Waals surface area contributed by atoms with Crippen LogP contribution in [0.2, 0.25) is 0 Å². The fourth-order valence-corrected chi connectivity index (χ4v) is 3.45. The molecule has 0 bridgehead atoms. The van der Waals surface area contributed by atoms with Crippen LogP contribution in [-0.4, -0.2) is 15.4 Å². The Morgan fingerprint density at radius 3 is 2.46 bits per heavy atom. The Bertz CT molecular complexity index is 884. The van der Waals surface area contributed by atoms with E-state index in [1.54, 1.807) is 0 Å². The van der Waals surface area contributed by atoms with E-state index in [1.165, 1.54) is 34.4 Å². The van der Waals surface area contributed by atoms with Crippen LogP contribution in [0.4, 0.5) is 13.2 Å². The Labute approximate surface area is 153 Å². The van der Waals surface area contributed by atoms with E-state index in [-0.39, 0.29) is 18.7 Å². The van der Waals surface area contributed by atoms with Gasteiger partial charge < -0.3 is 9.47 Å². The summed E-state index contributed by atoms with van der Waals surface area (Å²) in [4.78, 5) is 15.4. The van der Waals surface area contributed by atoms with Crippen LogP contribution in [0.5, 0.6) is 0 Å². The minimum absolute atomic E-state index is 0.229. The summed E-state index contributed by atoms with van der Waals surface area (Å²) in [7, 11) is 1.84. The van der Waals surface area contributed by atoms with Crippen LogP contribution in [0.25, 0.3) is 0 Å². The molecule has 2 aromatic heterocycles. The van der Waals surface area contributed by atoms with Crippen LogP contribution in [-0.2, 0) is 26.3 Å². The van der Waals surface area contributed by atoms with E-state index in [9.17, 15) is 18.0 Å². The van der Waals surface area contributed by atoms with Gasteiger partial charge in [-0.25, -0.2) is 0 Å². The molecule has 0 spiro atoms. The second-order valence-corrected chi connectivity index (χ2v) is 6.93. The molecule has 0 aliphatic carbocycles. The smallest absolute Gasteiger partial charge is 0.353 e. The molecule has 0 atom stereocenters. The third-order valence-corrected chi connectivity index (χ3v) is 4.94. The molecule has 136 valence electrons. The summed E-state index contributed by atoms with van der Waals surface area (Å²) in [5.41, 5.74) is -0.391. The van der Waals surface area contributed by atoms with Crippen molar-refractivity contribution in [3.63, 3.8) is 0 Å². The summed E-state index contributed by atoms with van der Waals surface area (Å²) in [5, 5.41) is 1.88. The number of rotatable bonds is 5. The number of carbonyl (C=O) groups excluding carboxylic acids is 1. The molecule has 1 amide bonds. The number of halogens is 3. The maximum absolute atomic E-state index is 13.3. The Balaban J connectivity index is 1.96. The Morgan fingerprint density at radius 2 is 1.85 bits per heavy atom. The zero-order valence-electron chi connectivity index (χ0n) is 14.0. The largest absolute Gasteiger partial charge is 0.417 e. The van der Waals surface area contributed by atoms with Gasteiger partial charge in [0.25, 0.3) is 5.91 Å². The minimum atomic E-state index is -4.58. The van der Waals surface area contributed by atoms with Crippen LogP contribution in [0.15, 0.2) is 60.1 Å². The van der Waals surface area contributed by atoms with E-state index >= 15 is 0 Å². The highest BCUT2D eigenvalue weighted by Gasteiger charge is 2.36. The SMILES string of the molecule is Cn1cccc1CN(Cc1cccs1)C(=O)c1ccccc1C(F)(F)F. The maximum Gasteiger partial charge on any atom is 0.417 e. The monoisotopic (exact) mass is 378 g/mol. The molecule has 26 heavy (non-hydrogen) atoms. The second-order valence-electron chi connectivity index (χ2n) is 5.89. The maximum atomic E-state index is 13.3. The van der Waals surface area contributed by atoms with Gasteiger partial charge in [0.1, 0.15) is 0 Å². The predicted octanol–water partition coefficient (Wildman–Crippen LogP) is 4.95. The van der Waals surface area contributed by atoms with Gasteiger partial charge in [-0.05, 0) is 35.7 Å². The summed E-state index contributed by atoms with van der Waals surface area (Å²) in [6, 6.07) is 12.3. The van der Waals surface area contributed by atoms with Crippen molar-refractivity contribution in [2.75, 3.05) is 0 Å². The number of nitrogens with zero attached hydrogens (tertiary/aromatic N) is 2. The van der Waals surface area contributed by atoms with Gasteiger partial charge in [0, 0.05) is 23.8 Å². The molecule has 3 nitrogen and oxygen atoms in total. The van der Waals surface area contributed by atoms with E-state index < -0.39 is 17.6 Å². The molecule has 0 fully saturated rings. The van der Waals surface area contributed by atoms with E-state index in [1.807, 2.05) is 47.5 Å². The van der Waals surface area contributed by atoms with Crippen molar-refractivity contribution in [1.29, 1.82) is 0 Å². The molecule has 0 N–H and O–H groups in total. The van der Waals surface area contributed by atoms with E-state index in [0.29, 0.717) is 0 Å². The number of amides is 1. The first-order chi connectivity index (χ1) is 12.4. The number of thiophene rings is 1. The molecule has 1 aromatic carbocycles. The van der Waals surface area contributed by atoms with Gasteiger partial charge in [0.05, 0.1) is 24.2 Å². The fourth-order valence-electron chi connectivity index (χ4n) is 2.73. The Kier molecular flexibility index (Phi) is 5.18. The number of benzene rings is 1. The average Bonchev–Trinajstić information content (AvgIpc) is 3.25. The molecule has 3 aromatic rings. The van der Waals surface area contributed by atoms with Crippen molar-refractivity contribution in [3.8, 4) is 0 Å². The number of hydrogen-bond donors (Lipinski definition) is 0. The zero-order valence-corrected chi connectivity index (χ0v) is 14.8. The summed E-state index contributed by atoms with van der Waals surface area (Å²) < 4.78 is 41.8. The van der Waals surface area contributed by atoms with Crippen LogP contribution >= 0.6 is 11.3 Å². The molecular formula is C19H17F3N2OS.